The molecule has 0 aromatic heterocycles. The van der Waals surface area contributed by atoms with Gasteiger partial charge in [-0.05, 0) is 47.4 Å². The van der Waals surface area contributed by atoms with Crippen LogP contribution in [0.2, 0.25) is 0 Å². The SMILES string of the molecule is CCc1ccc(N2CSC3=C(C#N)[C@H](c4cccc(OCc5ccccc5)c4)CC(=O)N3C2)cc1. The van der Waals surface area contributed by atoms with E-state index in [9.17, 15) is 10.1 Å². The Bertz CT molecular complexity index is 1280. The summed E-state index contributed by atoms with van der Waals surface area (Å²) in [6.45, 7) is 3.07. The predicted octanol–water partition coefficient (Wildman–Crippen LogP) is 6.05. The molecule has 0 spiro atoms. The molecule has 0 saturated carbocycles. The zero-order valence-corrected chi connectivity index (χ0v) is 20.5. The van der Waals surface area contributed by atoms with Crippen LogP contribution in [0.25, 0.3) is 0 Å². The molecule has 3 aromatic carbocycles. The third-order valence-electron chi connectivity index (χ3n) is 6.51. The molecule has 1 saturated heterocycles. The Morgan fingerprint density at radius 1 is 1.03 bits per heavy atom. The van der Waals surface area contributed by atoms with Gasteiger partial charge in [-0.1, -0.05) is 73.3 Å². The Morgan fingerprint density at radius 2 is 1.83 bits per heavy atom. The maximum Gasteiger partial charge on any atom is 0.229 e. The number of thioether (sulfide) groups is 1. The van der Waals surface area contributed by atoms with Crippen molar-refractivity contribution in [2.24, 2.45) is 0 Å². The van der Waals surface area contributed by atoms with Gasteiger partial charge < -0.3 is 9.64 Å². The van der Waals surface area contributed by atoms with Gasteiger partial charge in [0.25, 0.3) is 0 Å². The molecule has 2 heterocycles. The van der Waals surface area contributed by atoms with Gasteiger partial charge in [-0.3, -0.25) is 9.69 Å². The number of aryl methyl sites for hydroxylation is 1. The Labute approximate surface area is 210 Å². The largest absolute Gasteiger partial charge is 0.489 e. The van der Waals surface area contributed by atoms with Crippen molar-refractivity contribution in [3.8, 4) is 11.8 Å². The number of fused-ring (bicyclic) bond motifs is 1. The van der Waals surface area contributed by atoms with Crippen molar-refractivity contribution in [2.75, 3.05) is 17.4 Å². The Morgan fingerprint density at radius 3 is 2.57 bits per heavy atom. The number of nitrogens with zero attached hydrogens (tertiary/aromatic N) is 3. The molecule has 0 radical (unpaired) electrons. The summed E-state index contributed by atoms with van der Waals surface area (Å²) in [5.74, 6) is 1.22. The van der Waals surface area contributed by atoms with E-state index in [4.69, 9.17) is 4.74 Å². The molecule has 5 nitrogen and oxygen atoms in total. The number of amides is 1. The van der Waals surface area contributed by atoms with E-state index in [2.05, 4.69) is 42.2 Å². The van der Waals surface area contributed by atoms with Crippen molar-refractivity contribution in [1.29, 1.82) is 5.26 Å². The smallest absolute Gasteiger partial charge is 0.229 e. The minimum Gasteiger partial charge on any atom is -0.489 e. The zero-order chi connectivity index (χ0) is 24.2. The van der Waals surface area contributed by atoms with Gasteiger partial charge in [0.05, 0.1) is 29.2 Å². The second-order valence-corrected chi connectivity index (χ2v) is 9.66. The molecule has 6 heteroatoms. The van der Waals surface area contributed by atoms with Crippen LogP contribution in [-0.4, -0.2) is 23.4 Å². The number of anilines is 1. The molecule has 35 heavy (non-hydrogen) atoms. The summed E-state index contributed by atoms with van der Waals surface area (Å²) in [6, 6.07) is 28.7. The van der Waals surface area contributed by atoms with Crippen LogP contribution in [0.1, 0.15) is 36.0 Å². The molecule has 2 aliphatic heterocycles. The van der Waals surface area contributed by atoms with Gasteiger partial charge >= 0.3 is 0 Å². The summed E-state index contributed by atoms with van der Waals surface area (Å²) in [5.41, 5.74) is 5.07. The minimum atomic E-state index is -0.262. The molecule has 2 aliphatic rings. The van der Waals surface area contributed by atoms with E-state index in [1.165, 1.54) is 5.56 Å². The number of allylic oxidation sites excluding steroid dienone is 1. The summed E-state index contributed by atoms with van der Waals surface area (Å²) in [7, 11) is 0. The van der Waals surface area contributed by atoms with E-state index in [0.717, 1.165) is 34.0 Å². The molecule has 176 valence electrons. The standard InChI is InChI=1S/C29H27N3O2S/c1-2-21-11-13-24(14-12-21)31-19-32-28(33)16-26(27(17-30)29(32)35-20-31)23-9-6-10-25(15-23)34-18-22-7-4-3-5-8-22/h3-15,26H,2,16,18-20H2,1H3/t26-/m0/s1. The molecule has 3 aromatic rings. The summed E-state index contributed by atoms with van der Waals surface area (Å²) < 4.78 is 6.00. The van der Waals surface area contributed by atoms with Crippen LogP contribution in [0.3, 0.4) is 0 Å². The van der Waals surface area contributed by atoms with E-state index in [1.54, 1.807) is 16.7 Å². The molecular weight excluding hydrogens is 454 g/mol. The third kappa shape index (κ3) is 4.91. The number of hydrogen-bond acceptors (Lipinski definition) is 5. The lowest BCUT2D eigenvalue weighted by molar-refractivity contribution is -0.129. The first-order chi connectivity index (χ1) is 17.2. The summed E-state index contributed by atoms with van der Waals surface area (Å²) in [5, 5.41) is 10.9. The van der Waals surface area contributed by atoms with E-state index >= 15 is 0 Å². The van der Waals surface area contributed by atoms with Crippen molar-refractivity contribution >= 4 is 23.4 Å². The number of carbonyl (C=O) groups is 1. The topological polar surface area (TPSA) is 56.6 Å². The highest BCUT2D eigenvalue weighted by molar-refractivity contribution is 8.03. The van der Waals surface area contributed by atoms with Crippen molar-refractivity contribution in [3.05, 3.63) is 106 Å². The number of rotatable bonds is 6. The first-order valence-electron chi connectivity index (χ1n) is 11.8. The summed E-state index contributed by atoms with van der Waals surface area (Å²) in [6.07, 6.45) is 1.27. The van der Waals surface area contributed by atoms with Crippen molar-refractivity contribution in [3.63, 3.8) is 0 Å². The van der Waals surface area contributed by atoms with Gasteiger partial charge in [-0.25, -0.2) is 0 Å². The van der Waals surface area contributed by atoms with Crippen LogP contribution in [0.4, 0.5) is 5.69 Å². The monoisotopic (exact) mass is 481 g/mol. The molecule has 0 unspecified atom stereocenters. The normalized spacial score (nSPS) is 17.7. The lowest BCUT2D eigenvalue weighted by Crippen LogP contribution is -2.47. The van der Waals surface area contributed by atoms with Crippen molar-refractivity contribution in [1.82, 2.24) is 4.90 Å². The van der Waals surface area contributed by atoms with E-state index in [-0.39, 0.29) is 18.2 Å². The van der Waals surface area contributed by atoms with Crippen LogP contribution in [-0.2, 0) is 17.8 Å². The van der Waals surface area contributed by atoms with Gasteiger partial charge in [0.15, 0.2) is 0 Å². The van der Waals surface area contributed by atoms with Gasteiger partial charge in [0, 0.05) is 18.0 Å². The number of ether oxygens (including phenoxy) is 1. The summed E-state index contributed by atoms with van der Waals surface area (Å²) >= 11 is 1.56. The van der Waals surface area contributed by atoms with Crippen LogP contribution < -0.4 is 9.64 Å². The van der Waals surface area contributed by atoms with Gasteiger partial charge in [0.1, 0.15) is 12.4 Å². The fourth-order valence-electron chi connectivity index (χ4n) is 4.51. The fourth-order valence-corrected chi connectivity index (χ4v) is 5.68. The zero-order valence-electron chi connectivity index (χ0n) is 19.7. The van der Waals surface area contributed by atoms with E-state index in [1.807, 2.05) is 54.6 Å². The third-order valence-corrected chi connectivity index (χ3v) is 7.67. The molecular formula is C29H27N3O2S. The molecule has 0 N–H and O–H groups in total. The van der Waals surface area contributed by atoms with Crippen molar-refractivity contribution in [2.45, 2.75) is 32.3 Å². The Hall–Kier alpha value is -3.69. The Balaban J connectivity index is 1.36. The Kier molecular flexibility index (Phi) is 6.78. The number of nitriles is 1. The lowest BCUT2D eigenvalue weighted by atomic mass is 9.86. The quantitative estimate of drug-likeness (QED) is 0.429. The molecule has 0 aliphatic carbocycles. The van der Waals surface area contributed by atoms with Gasteiger partial charge in [-0.15, -0.1) is 0 Å². The highest BCUT2D eigenvalue weighted by Gasteiger charge is 2.38. The lowest BCUT2D eigenvalue weighted by Gasteiger charge is -2.42. The molecule has 0 bridgehead atoms. The van der Waals surface area contributed by atoms with Gasteiger partial charge in [-0.2, -0.15) is 5.26 Å². The van der Waals surface area contributed by atoms with E-state index in [0.29, 0.717) is 24.7 Å². The second-order valence-electron chi connectivity index (χ2n) is 8.73. The maximum atomic E-state index is 13.3. The second kappa shape index (κ2) is 10.3. The first-order valence-corrected chi connectivity index (χ1v) is 12.8. The fraction of sp³-hybridized carbons (Fsp3) is 0.241. The number of hydrogen-bond donors (Lipinski definition) is 0. The van der Waals surface area contributed by atoms with Gasteiger partial charge in [0.2, 0.25) is 5.91 Å². The first kappa shape index (κ1) is 23.1. The number of carbonyl (C=O) groups excluding carboxylic acids is 1. The molecule has 1 atom stereocenters. The van der Waals surface area contributed by atoms with Crippen LogP contribution in [0.5, 0.6) is 5.75 Å². The molecule has 1 fully saturated rings. The number of benzene rings is 3. The van der Waals surface area contributed by atoms with Crippen LogP contribution in [0, 0.1) is 11.3 Å². The highest BCUT2D eigenvalue weighted by Crippen LogP contribution is 2.43. The highest BCUT2D eigenvalue weighted by atomic mass is 32.2. The van der Waals surface area contributed by atoms with Crippen LogP contribution in [0.15, 0.2) is 89.5 Å². The predicted molar refractivity (Wildman–Crippen MR) is 140 cm³/mol. The molecule has 5 rings (SSSR count). The average molecular weight is 482 g/mol. The van der Waals surface area contributed by atoms with Crippen molar-refractivity contribution < 1.29 is 9.53 Å². The average Bonchev–Trinajstić information content (AvgIpc) is 2.92. The minimum absolute atomic E-state index is 0.0435. The molecule has 1 amide bonds. The summed E-state index contributed by atoms with van der Waals surface area (Å²) in [4.78, 5) is 17.2. The van der Waals surface area contributed by atoms with E-state index < -0.39 is 0 Å². The maximum absolute atomic E-state index is 13.3. The van der Waals surface area contributed by atoms with Crippen LogP contribution >= 0.6 is 11.8 Å².